The Balaban J connectivity index is 1.54. The standard InChI is InChI=1S/C20H21Cl2N3O3/c1-14(26)24-8-10-25(11-9-24)19-7-4-16(12-18(19)22)23-20(27)13-28-17-5-2-15(21)3-6-17/h2-7,12H,8-11,13H2,1H3,(H,23,27). The summed E-state index contributed by atoms with van der Waals surface area (Å²) in [6.07, 6.45) is 0. The third-order valence-corrected chi connectivity index (χ3v) is 5.04. The smallest absolute Gasteiger partial charge is 0.262 e. The number of nitrogens with zero attached hydrogens (tertiary/aromatic N) is 2. The molecule has 2 amide bonds. The Labute approximate surface area is 174 Å². The summed E-state index contributed by atoms with van der Waals surface area (Å²) in [5, 5.41) is 3.93. The quantitative estimate of drug-likeness (QED) is 0.799. The topological polar surface area (TPSA) is 61.9 Å². The lowest BCUT2D eigenvalue weighted by Crippen LogP contribution is -2.48. The van der Waals surface area contributed by atoms with Crippen LogP contribution in [0.5, 0.6) is 5.75 Å². The van der Waals surface area contributed by atoms with Crippen molar-refractivity contribution in [1.29, 1.82) is 0 Å². The van der Waals surface area contributed by atoms with E-state index in [-0.39, 0.29) is 18.4 Å². The van der Waals surface area contributed by atoms with E-state index in [0.29, 0.717) is 34.6 Å². The van der Waals surface area contributed by atoms with Gasteiger partial charge in [0.05, 0.1) is 10.7 Å². The van der Waals surface area contributed by atoms with E-state index in [1.54, 1.807) is 43.3 Å². The van der Waals surface area contributed by atoms with Gasteiger partial charge in [0.1, 0.15) is 5.75 Å². The minimum absolute atomic E-state index is 0.0876. The number of carbonyl (C=O) groups excluding carboxylic acids is 2. The molecule has 3 rings (SSSR count). The minimum Gasteiger partial charge on any atom is -0.484 e. The number of hydrogen-bond acceptors (Lipinski definition) is 4. The van der Waals surface area contributed by atoms with E-state index >= 15 is 0 Å². The van der Waals surface area contributed by atoms with Crippen LogP contribution in [-0.2, 0) is 9.59 Å². The van der Waals surface area contributed by atoms with Gasteiger partial charge in [-0.05, 0) is 42.5 Å². The fourth-order valence-corrected chi connectivity index (χ4v) is 3.41. The lowest BCUT2D eigenvalue weighted by Gasteiger charge is -2.36. The molecule has 0 spiro atoms. The summed E-state index contributed by atoms with van der Waals surface area (Å²) in [5.41, 5.74) is 1.49. The summed E-state index contributed by atoms with van der Waals surface area (Å²) >= 11 is 12.2. The van der Waals surface area contributed by atoms with Crippen molar-refractivity contribution in [3.63, 3.8) is 0 Å². The first-order valence-corrected chi connectivity index (χ1v) is 9.66. The zero-order valence-electron chi connectivity index (χ0n) is 15.5. The molecule has 0 radical (unpaired) electrons. The molecule has 148 valence electrons. The maximum atomic E-state index is 12.1. The largest absolute Gasteiger partial charge is 0.484 e. The molecular weight excluding hydrogens is 401 g/mol. The Kier molecular flexibility index (Phi) is 6.65. The van der Waals surface area contributed by atoms with Gasteiger partial charge in [0.15, 0.2) is 6.61 Å². The third-order valence-electron chi connectivity index (χ3n) is 4.48. The normalized spacial score (nSPS) is 14.0. The molecule has 6 nitrogen and oxygen atoms in total. The molecular formula is C20H21Cl2N3O3. The first-order chi connectivity index (χ1) is 13.4. The Morgan fingerprint density at radius 2 is 1.71 bits per heavy atom. The van der Waals surface area contributed by atoms with E-state index in [9.17, 15) is 9.59 Å². The number of rotatable bonds is 5. The van der Waals surface area contributed by atoms with Crippen LogP contribution in [-0.4, -0.2) is 49.5 Å². The van der Waals surface area contributed by atoms with Gasteiger partial charge in [-0.2, -0.15) is 0 Å². The van der Waals surface area contributed by atoms with Crippen LogP contribution in [0.2, 0.25) is 10.0 Å². The van der Waals surface area contributed by atoms with Gasteiger partial charge in [0, 0.05) is 43.8 Å². The number of nitrogens with one attached hydrogen (secondary N) is 1. The highest BCUT2D eigenvalue weighted by Crippen LogP contribution is 2.29. The van der Waals surface area contributed by atoms with Gasteiger partial charge >= 0.3 is 0 Å². The summed E-state index contributed by atoms with van der Waals surface area (Å²) in [5.74, 6) is 0.371. The molecule has 1 fully saturated rings. The van der Waals surface area contributed by atoms with Gasteiger partial charge in [-0.25, -0.2) is 0 Å². The van der Waals surface area contributed by atoms with Crippen molar-refractivity contribution in [2.75, 3.05) is 43.0 Å². The van der Waals surface area contributed by atoms with E-state index in [2.05, 4.69) is 10.2 Å². The molecule has 0 aliphatic carbocycles. The van der Waals surface area contributed by atoms with Gasteiger partial charge in [-0.1, -0.05) is 23.2 Å². The Morgan fingerprint density at radius 1 is 1.04 bits per heavy atom. The van der Waals surface area contributed by atoms with Crippen LogP contribution in [0.15, 0.2) is 42.5 Å². The summed E-state index contributed by atoms with van der Waals surface area (Å²) < 4.78 is 5.43. The van der Waals surface area contributed by atoms with E-state index in [4.69, 9.17) is 27.9 Å². The zero-order chi connectivity index (χ0) is 20.1. The second kappa shape index (κ2) is 9.17. The molecule has 2 aromatic carbocycles. The highest BCUT2D eigenvalue weighted by molar-refractivity contribution is 6.33. The van der Waals surface area contributed by atoms with Gasteiger partial charge in [0.2, 0.25) is 5.91 Å². The van der Waals surface area contributed by atoms with Gasteiger partial charge in [0.25, 0.3) is 5.91 Å². The number of benzene rings is 2. The average molecular weight is 422 g/mol. The Morgan fingerprint density at radius 3 is 2.32 bits per heavy atom. The highest BCUT2D eigenvalue weighted by atomic mass is 35.5. The lowest BCUT2D eigenvalue weighted by molar-refractivity contribution is -0.129. The number of carbonyl (C=O) groups is 2. The van der Waals surface area contributed by atoms with Crippen molar-refractivity contribution in [3.05, 3.63) is 52.5 Å². The van der Waals surface area contributed by atoms with Crippen molar-refractivity contribution in [2.45, 2.75) is 6.92 Å². The predicted octanol–water partition coefficient (Wildman–Crippen LogP) is 3.68. The summed E-state index contributed by atoms with van der Waals surface area (Å²) in [6, 6.07) is 12.2. The summed E-state index contributed by atoms with van der Waals surface area (Å²) in [6.45, 7) is 4.25. The van der Waals surface area contributed by atoms with E-state index in [1.165, 1.54) is 0 Å². The van der Waals surface area contributed by atoms with Crippen LogP contribution in [0, 0.1) is 0 Å². The Bertz CT molecular complexity index is 850. The molecule has 1 saturated heterocycles. The predicted molar refractivity (Wildman–Crippen MR) is 111 cm³/mol. The lowest BCUT2D eigenvalue weighted by atomic mass is 10.2. The van der Waals surface area contributed by atoms with Gasteiger partial charge < -0.3 is 19.9 Å². The summed E-state index contributed by atoms with van der Waals surface area (Å²) in [4.78, 5) is 27.5. The van der Waals surface area contributed by atoms with Crippen LogP contribution in [0.3, 0.4) is 0 Å². The zero-order valence-corrected chi connectivity index (χ0v) is 17.0. The molecule has 0 bridgehead atoms. The van der Waals surface area contributed by atoms with Crippen LogP contribution in [0.25, 0.3) is 0 Å². The monoisotopic (exact) mass is 421 g/mol. The van der Waals surface area contributed by atoms with E-state index in [0.717, 1.165) is 18.8 Å². The van der Waals surface area contributed by atoms with Crippen LogP contribution >= 0.6 is 23.2 Å². The highest BCUT2D eigenvalue weighted by Gasteiger charge is 2.20. The molecule has 2 aromatic rings. The molecule has 1 aliphatic heterocycles. The van der Waals surface area contributed by atoms with Crippen molar-refractivity contribution >= 4 is 46.4 Å². The van der Waals surface area contributed by atoms with Crippen molar-refractivity contribution < 1.29 is 14.3 Å². The minimum atomic E-state index is -0.283. The van der Waals surface area contributed by atoms with Crippen molar-refractivity contribution in [1.82, 2.24) is 4.90 Å². The van der Waals surface area contributed by atoms with Crippen LogP contribution in [0.4, 0.5) is 11.4 Å². The number of anilines is 2. The van der Waals surface area contributed by atoms with E-state index in [1.807, 2.05) is 11.0 Å². The van der Waals surface area contributed by atoms with Crippen LogP contribution < -0.4 is 15.0 Å². The van der Waals surface area contributed by atoms with Gasteiger partial charge in [-0.15, -0.1) is 0 Å². The fourth-order valence-electron chi connectivity index (χ4n) is 2.98. The maximum absolute atomic E-state index is 12.1. The number of piperazine rings is 1. The third kappa shape index (κ3) is 5.30. The maximum Gasteiger partial charge on any atom is 0.262 e. The molecule has 28 heavy (non-hydrogen) atoms. The number of halogens is 2. The van der Waals surface area contributed by atoms with Gasteiger partial charge in [-0.3, -0.25) is 9.59 Å². The van der Waals surface area contributed by atoms with E-state index < -0.39 is 0 Å². The molecule has 8 heteroatoms. The first kappa shape index (κ1) is 20.3. The van der Waals surface area contributed by atoms with Crippen LogP contribution in [0.1, 0.15) is 6.92 Å². The molecule has 0 atom stereocenters. The molecule has 0 aromatic heterocycles. The molecule has 0 saturated carbocycles. The Hall–Kier alpha value is -2.44. The number of ether oxygens (including phenoxy) is 1. The fraction of sp³-hybridized carbons (Fsp3) is 0.300. The summed E-state index contributed by atoms with van der Waals surface area (Å²) in [7, 11) is 0. The molecule has 1 N–H and O–H groups in total. The molecule has 0 unspecified atom stereocenters. The number of amides is 2. The average Bonchev–Trinajstić information content (AvgIpc) is 2.68. The van der Waals surface area contributed by atoms with Crippen molar-refractivity contribution in [3.8, 4) is 5.75 Å². The second-order valence-electron chi connectivity index (χ2n) is 6.45. The van der Waals surface area contributed by atoms with Crippen molar-refractivity contribution in [2.24, 2.45) is 0 Å². The molecule has 1 aliphatic rings. The SMILES string of the molecule is CC(=O)N1CCN(c2ccc(NC(=O)COc3ccc(Cl)cc3)cc2Cl)CC1. The number of hydrogen-bond donors (Lipinski definition) is 1. The second-order valence-corrected chi connectivity index (χ2v) is 7.29. The first-order valence-electron chi connectivity index (χ1n) is 8.90. The molecule has 1 heterocycles.